The Morgan fingerprint density at radius 2 is 1.77 bits per heavy atom. The van der Waals surface area contributed by atoms with Crippen LogP contribution in [0.5, 0.6) is 0 Å². The number of thiophene rings is 1. The summed E-state index contributed by atoms with van der Waals surface area (Å²) in [6.07, 6.45) is 1.24. The molecule has 0 aliphatic carbocycles. The molecule has 2 aromatic carbocycles. The highest BCUT2D eigenvalue weighted by molar-refractivity contribution is 7.90. The van der Waals surface area contributed by atoms with Crippen LogP contribution in [0.1, 0.15) is 15.2 Å². The third-order valence-electron chi connectivity index (χ3n) is 5.41. The van der Waals surface area contributed by atoms with Crippen LogP contribution in [0.3, 0.4) is 0 Å². The van der Waals surface area contributed by atoms with Gasteiger partial charge in [0, 0.05) is 32.1 Å². The quantitative estimate of drug-likeness (QED) is 0.196. The van der Waals surface area contributed by atoms with Gasteiger partial charge in [0.2, 0.25) is 0 Å². The van der Waals surface area contributed by atoms with Gasteiger partial charge in [-0.25, -0.2) is 5.06 Å². The van der Waals surface area contributed by atoms with Crippen LogP contribution in [0.4, 0.5) is 0 Å². The molecule has 182 valence electrons. The number of benzene rings is 2. The molecule has 10 heteroatoms. The second-order valence-electron chi connectivity index (χ2n) is 8.08. The Kier molecular flexibility index (Phi) is 6.79. The van der Waals surface area contributed by atoms with Crippen LogP contribution in [0, 0.1) is 6.92 Å². The molecule has 0 aliphatic heterocycles. The summed E-state index contributed by atoms with van der Waals surface area (Å²) < 4.78 is 34.8. The first-order valence-electron chi connectivity index (χ1n) is 10.6. The Morgan fingerprint density at radius 1 is 1.09 bits per heavy atom. The number of sulfonamides is 1. The summed E-state index contributed by atoms with van der Waals surface area (Å²) in [6.45, 7) is 1.92. The maximum Gasteiger partial charge on any atom is 0.287 e. The molecule has 0 unspecified atom stereocenters. The van der Waals surface area contributed by atoms with Crippen LogP contribution in [-0.2, 0) is 14.9 Å². The molecule has 0 atom stereocenters. The highest BCUT2D eigenvalue weighted by Gasteiger charge is 2.26. The monoisotopic (exact) mass is 511 g/mol. The fourth-order valence-electron chi connectivity index (χ4n) is 3.58. The molecule has 0 bridgehead atoms. The normalized spacial score (nSPS) is 11.9. The third-order valence-corrected chi connectivity index (χ3v) is 7.94. The van der Waals surface area contributed by atoms with Gasteiger partial charge in [-0.2, -0.15) is 8.42 Å². The molecule has 1 amide bonds. The standard InChI is InChI=1S/C25H25N3O5S2/c1-16-22(17-10-12-19(13-11-17)35(30,31)26-15-27(2)3)24(25(29)28(4)32-5)34-23(16)21-14-18-8-6-7-9-20(18)33-21/h6-15H,1-5H3. The van der Waals surface area contributed by atoms with E-state index in [2.05, 4.69) is 4.40 Å². The lowest BCUT2D eigenvalue weighted by atomic mass is 10.00. The SMILES string of the molecule is CON(C)C(=O)c1sc(-c2cc3ccccc3o2)c(C)c1-c1ccc(S(=O)(=O)N=CN(C)C)cc1. The van der Waals surface area contributed by atoms with Gasteiger partial charge < -0.3 is 9.32 Å². The molecule has 35 heavy (non-hydrogen) atoms. The Bertz CT molecular complexity index is 1480. The summed E-state index contributed by atoms with van der Waals surface area (Å²) in [5.41, 5.74) is 3.00. The minimum Gasteiger partial charge on any atom is -0.455 e. The van der Waals surface area contributed by atoms with Crippen LogP contribution in [0.15, 0.2) is 68.3 Å². The topological polar surface area (TPSA) is 92.4 Å². The zero-order valence-corrected chi connectivity index (χ0v) is 21.6. The third kappa shape index (κ3) is 4.86. The summed E-state index contributed by atoms with van der Waals surface area (Å²) in [5, 5.41) is 2.12. The van der Waals surface area contributed by atoms with Crippen molar-refractivity contribution in [3.8, 4) is 21.8 Å². The van der Waals surface area contributed by atoms with Crippen molar-refractivity contribution in [2.24, 2.45) is 4.40 Å². The van der Waals surface area contributed by atoms with Crippen molar-refractivity contribution in [2.45, 2.75) is 11.8 Å². The van der Waals surface area contributed by atoms with E-state index in [-0.39, 0.29) is 10.8 Å². The minimum atomic E-state index is -3.84. The number of hydrogen-bond acceptors (Lipinski definition) is 6. The number of hydroxylamine groups is 2. The molecule has 0 saturated heterocycles. The van der Waals surface area contributed by atoms with Crippen molar-refractivity contribution in [3.05, 3.63) is 65.0 Å². The van der Waals surface area contributed by atoms with Crippen molar-refractivity contribution in [2.75, 3.05) is 28.3 Å². The molecule has 4 rings (SSSR count). The maximum absolute atomic E-state index is 13.2. The van der Waals surface area contributed by atoms with Crippen LogP contribution in [-0.4, -0.2) is 58.9 Å². The predicted octanol–water partition coefficient (Wildman–Crippen LogP) is 5.05. The van der Waals surface area contributed by atoms with Crippen LogP contribution < -0.4 is 0 Å². The number of amides is 1. The Morgan fingerprint density at radius 3 is 2.40 bits per heavy atom. The molecular formula is C25H25N3O5S2. The fraction of sp³-hybridized carbons (Fsp3) is 0.200. The second kappa shape index (κ2) is 9.65. The van der Waals surface area contributed by atoms with Gasteiger partial charge in [-0.1, -0.05) is 30.3 Å². The highest BCUT2D eigenvalue weighted by atomic mass is 32.2. The average Bonchev–Trinajstić information content (AvgIpc) is 3.42. The first kappa shape index (κ1) is 24.6. The van der Waals surface area contributed by atoms with Crippen molar-refractivity contribution in [1.29, 1.82) is 0 Å². The summed E-state index contributed by atoms with van der Waals surface area (Å²) in [5.74, 6) is 0.344. The smallest absolute Gasteiger partial charge is 0.287 e. The lowest BCUT2D eigenvalue weighted by Crippen LogP contribution is -2.25. The maximum atomic E-state index is 13.2. The molecule has 0 aliphatic rings. The van der Waals surface area contributed by atoms with Gasteiger partial charge in [-0.15, -0.1) is 15.7 Å². The van der Waals surface area contributed by atoms with Gasteiger partial charge in [-0.3, -0.25) is 9.63 Å². The number of furan rings is 1. The van der Waals surface area contributed by atoms with Gasteiger partial charge in [0.05, 0.1) is 16.9 Å². The van der Waals surface area contributed by atoms with E-state index in [9.17, 15) is 13.2 Å². The molecule has 2 aromatic heterocycles. The van der Waals surface area contributed by atoms with Gasteiger partial charge in [0.15, 0.2) is 0 Å². The molecule has 0 N–H and O–H groups in total. The number of hydrogen-bond donors (Lipinski definition) is 0. The number of rotatable bonds is 7. The van der Waals surface area contributed by atoms with Gasteiger partial charge >= 0.3 is 0 Å². The number of fused-ring (bicyclic) bond motifs is 1. The van der Waals surface area contributed by atoms with E-state index in [4.69, 9.17) is 9.25 Å². The largest absolute Gasteiger partial charge is 0.455 e. The van der Waals surface area contributed by atoms with E-state index in [0.29, 0.717) is 21.8 Å². The minimum absolute atomic E-state index is 0.0617. The van der Waals surface area contributed by atoms with Gasteiger partial charge in [0.25, 0.3) is 15.9 Å². The first-order valence-corrected chi connectivity index (χ1v) is 12.9. The Labute approximate surface area is 208 Å². The molecule has 0 fully saturated rings. The lowest BCUT2D eigenvalue weighted by Gasteiger charge is -2.14. The number of nitrogens with zero attached hydrogens (tertiary/aromatic N) is 3. The van der Waals surface area contributed by atoms with Gasteiger partial charge in [-0.05, 0) is 42.3 Å². The number of para-hydroxylation sites is 1. The Balaban J connectivity index is 1.83. The summed E-state index contributed by atoms with van der Waals surface area (Å²) >= 11 is 1.31. The molecular weight excluding hydrogens is 486 g/mol. The summed E-state index contributed by atoms with van der Waals surface area (Å²) in [4.78, 5) is 21.2. The summed E-state index contributed by atoms with van der Waals surface area (Å²) in [6, 6.07) is 16.0. The average molecular weight is 512 g/mol. The van der Waals surface area contributed by atoms with Crippen molar-refractivity contribution in [3.63, 3.8) is 0 Å². The zero-order valence-electron chi connectivity index (χ0n) is 20.0. The summed E-state index contributed by atoms with van der Waals surface area (Å²) in [7, 11) is 2.51. The molecule has 2 heterocycles. The second-order valence-corrected chi connectivity index (χ2v) is 10.7. The number of carbonyl (C=O) groups excluding carboxylic acids is 1. The van der Waals surface area contributed by atoms with Crippen molar-refractivity contribution in [1.82, 2.24) is 9.96 Å². The van der Waals surface area contributed by atoms with E-state index in [1.54, 1.807) is 38.2 Å². The molecule has 0 saturated carbocycles. The van der Waals surface area contributed by atoms with E-state index >= 15 is 0 Å². The van der Waals surface area contributed by atoms with Crippen LogP contribution >= 0.6 is 11.3 Å². The van der Waals surface area contributed by atoms with E-state index < -0.39 is 10.0 Å². The number of carbonyl (C=O) groups is 1. The fourth-order valence-corrected chi connectivity index (χ4v) is 5.74. The molecule has 8 nitrogen and oxygen atoms in total. The van der Waals surface area contributed by atoms with E-state index in [0.717, 1.165) is 26.5 Å². The van der Waals surface area contributed by atoms with Gasteiger partial charge in [0.1, 0.15) is 22.6 Å². The molecule has 4 aromatic rings. The van der Waals surface area contributed by atoms with E-state index in [1.807, 2.05) is 37.3 Å². The van der Waals surface area contributed by atoms with Crippen LogP contribution in [0.25, 0.3) is 32.7 Å². The van der Waals surface area contributed by atoms with E-state index in [1.165, 1.54) is 36.9 Å². The van der Waals surface area contributed by atoms with Crippen molar-refractivity contribution >= 4 is 44.6 Å². The lowest BCUT2D eigenvalue weighted by molar-refractivity contribution is -0.0753. The molecule has 0 spiro atoms. The highest BCUT2D eigenvalue weighted by Crippen LogP contribution is 2.44. The molecule has 0 radical (unpaired) electrons. The predicted molar refractivity (Wildman–Crippen MR) is 138 cm³/mol. The Hall–Kier alpha value is -3.47. The zero-order chi connectivity index (χ0) is 25.3. The van der Waals surface area contributed by atoms with Crippen LogP contribution in [0.2, 0.25) is 0 Å². The first-order chi connectivity index (χ1) is 16.6. The van der Waals surface area contributed by atoms with Crippen molar-refractivity contribution < 1.29 is 22.5 Å².